The van der Waals surface area contributed by atoms with E-state index in [-0.39, 0.29) is 12.4 Å². The third-order valence-electron chi connectivity index (χ3n) is 6.19. The third kappa shape index (κ3) is 4.89. The van der Waals surface area contributed by atoms with Crippen LogP contribution in [0, 0.1) is 0 Å². The second-order valence-electron chi connectivity index (χ2n) is 8.37. The van der Waals surface area contributed by atoms with Crippen LogP contribution in [-0.2, 0) is 20.7 Å². The van der Waals surface area contributed by atoms with E-state index in [0.717, 1.165) is 27.8 Å². The van der Waals surface area contributed by atoms with Crippen molar-refractivity contribution in [3.05, 3.63) is 83.9 Å². The molecule has 1 aliphatic heterocycles. The third-order valence-corrected chi connectivity index (χ3v) is 6.19. The first kappa shape index (κ1) is 24.1. The van der Waals surface area contributed by atoms with Crippen LogP contribution < -0.4 is 0 Å². The van der Waals surface area contributed by atoms with Gasteiger partial charge in [0.25, 0.3) is 0 Å². The molecule has 0 bridgehead atoms. The number of ether oxygens (including phenoxy) is 2. The molecular weight excluding hydrogens is 436 g/mol. The first-order valence-electron chi connectivity index (χ1n) is 11.1. The first-order chi connectivity index (χ1) is 16.4. The number of carbonyl (C=O) groups excluding carboxylic acids is 1. The van der Waals surface area contributed by atoms with Gasteiger partial charge in [-0.3, -0.25) is 4.79 Å². The van der Waals surface area contributed by atoms with Gasteiger partial charge < -0.3 is 29.9 Å². The molecular formula is C27H28O7. The molecule has 4 rings (SSSR count). The van der Waals surface area contributed by atoms with E-state index in [4.69, 9.17) is 9.47 Å². The second-order valence-corrected chi connectivity index (χ2v) is 8.37. The molecule has 4 N–H and O–H groups in total. The normalized spacial score (nSPS) is 24.6. The molecule has 1 heterocycles. The molecule has 3 aromatic rings. The van der Waals surface area contributed by atoms with E-state index in [1.807, 2.05) is 60.7 Å². The van der Waals surface area contributed by atoms with Crippen molar-refractivity contribution in [2.24, 2.45) is 0 Å². The highest BCUT2D eigenvalue weighted by molar-refractivity contribution is 5.80. The lowest BCUT2D eigenvalue weighted by molar-refractivity contribution is -0.231. The molecule has 7 heteroatoms. The summed E-state index contributed by atoms with van der Waals surface area (Å²) in [5.41, 5.74) is 4.94. The molecule has 0 unspecified atom stereocenters. The summed E-state index contributed by atoms with van der Waals surface area (Å²) in [6.07, 6.45) is -6.11. The van der Waals surface area contributed by atoms with Crippen LogP contribution in [0.25, 0.3) is 22.3 Å². The Hall–Kier alpha value is -3.07. The van der Waals surface area contributed by atoms with Crippen molar-refractivity contribution in [1.82, 2.24) is 0 Å². The van der Waals surface area contributed by atoms with Crippen molar-refractivity contribution in [3.63, 3.8) is 0 Å². The minimum atomic E-state index is -1.46. The second kappa shape index (κ2) is 10.5. The van der Waals surface area contributed by atoms with Crippen LogP contribution in [0.2, 0.25) is 0 Å². The molecule has 0 aliphatic carbocycles. The zero-order valence-corrected chi connectivity index (χ0v) is 18.7. The monoisotopic (exact) mass is 464 g/mol. The standard InChI is InChI=1S/C27H28O7/c1-33-23(29)14-20-12-17(16-6-3-2-4-7-16)10-11-21(20)18-8-5-9-19(13-18)27-26(32)25(31)24(30)22(15-28)34-27/h2-13,22,24-28,30-32H,14-15H2,1H3/t22-,24-,25+,26+,27-/m1/s1. The zero-order valence-electron chi connectivity index (χ0n) is 18.7. The van der Waals surface area contributed by atoms with Gasteiger partial charge in [0.15, 0.2) is 0 Å². The Morgan fingerprint density at radius 3 is 2.29 bits per heavy atom. The average molecular weight is 465 g/mol. The Balaban J connectivity index is 1.73. The molecule has 34 heavy (non-hydrogen) atoms. The molecule has 3 aromatic carbocycles. The van der Waals surface area contributed by atoms with Crippen molar-refractivity contribution in [1.29, 1.82) is 0 Å². The SMILES string of the molecule is COC(=O)Cc1cc(-c2ccccc2)ccc1-c1cccc([C@H]2O[C@H](CO)[C@@H](O)[C@H](O)[C@@H]2O)c1. The molecule has 1 aliphatic rings. The summed E-state index contributed by atoms with van der Waals surface area (Å²) in [5, 5.41) is 40.3. The topological polar surface area (TPSA) is 116 Å². The molecule has 0 aromatic heterocycles. The van der Waals surface area contributed by atoms with E-state index < -0.39 is 37.1 Å². The summed E-state index contributed by atoms with van der Waals surface area (Å²) in [6, 6.07) is 22.9. The van der Waals surface area contributed by atoms with Crippen LogP contribution in [0.3, 0.4) is 0 Å². The van der Waals surface area contributed by atoms with Crippen LogP contribution >= 0.6 is 0 Å². The number of esters is 1. The highest BCUT2D eigenvalue weighted by Crippen LogP contribution is 2.36. The average Bonchev–Trinajstić information content (AvgIpc) is 2.88. The molecule has 7 nitrogen and oxygen atoms in total. The number of hydrogen-bond acceptors (Lipinski definition) is 7. The lowest BCUT2D eigenvalue weighted by Crippen LogP contribution is -2.55. The highest BCUT2D eigenvalue weighted by atomic mass is 16.5. The molecule has 0 spiro atoms. The quantitative estimate of drug-likeness (QED) is 0.414. The van der Waals surface area contributed by atoms with Crippen molar-refractivity contribution >= 4 is 5.97 Å². The maximum absolute atomic E-state index is 12.2. The summed E-state index contributed by atoms with van der Waals surface area (Å²) < 4.78 is 10.6. The maximum atomic E-state index is 12.2. The summed E-state index contributed by atoms with van der Waals surface area (Å²) in [7, 11) is 1.35. The number of aliphatic hydroxyl groups is 4. The Labute approximate surface area is 197 Å². The van der Waals surface area contributed by atoms with Gasteiger partial charge in [0.05, 0.1) is 20.1 Å². The molecule has 5 atom stereocenters. The first-order valence-corrected chi connectivity index (χ1v) is 11.1. The van der Waals surface area contributed by atoms with Crippen LogP contribution in [0.4, 0.5) is 0 Å². The van der Waals surface area contributed by atoms with E-state index in [0.29, 0.717) is 5.56 Å². The van der Waals surface area contributed by atoms with Gasteiger partial charge in [-0.05, 0) is 45.5 Å². The van der Waals surface area contributed by atoms with Crippen LogP contribution in [0.1, 0.15) is 17.2 Å². The fourth-order valence-electron chi connectivity index (χ4n) is 4.32. The largest absolute Gasteiger partial charge is 0.469 e. The van der Waals surface area contributed by atoms with E-state index >= 15 is 0 Å². The number of carbonyl (C=O) groups is 1. The minimum Gasteiger partial charge on any atom is -0.469 e. The minimum absolute atomic E-state index is 0.0801. The molecule has 0 radical (unpaired) electrons. The lowest BCUT2D eigenvalue weighted by atomic mass is 9.88. The fourth-order valence-corrected chi connectivity index (χ4v) is 4.32. The van der Waals surface area contributed by atoms with Crippen LogP contribution in [-0.4, -0.2) is 64.5 Å². The summed E-state index contributed by atoms with van der Waals surface area (Å²) in [5.74, 6) is -0.364. The van der Waals surface area contributed by atoms with Crippen LogP contribution in [0.15, 0.2) is 72.8 Å². The van der Waals surface area contributed by atoms with Crippen molar-refractivity contribution in [2.45, 2.75) is 36.9 Å². The molecule has 0 amide bonds. The van der Waals surface area contributed by atoms with Crippen molar-refractivity contribution in [3.8, 4) is 22.3 Å². The van der Waals surface area contributed by atoms with Gasteiger partial charge in [0.1, 0.15) is 30.5 Å². The Bertz CT molecular complexity index is 1130. The molecule has 0 saturated carbocycles. The zero-order chi connectivity index (χ0) is 24.2. The Morgan fingerprint density at radius 1 is 0.853 bits per heavy atom. The molecule has 1 saturated heterocycles. The number of aliphatic hydroxyl groups excluding tert-OH is 4. The molecule has 1 fully saturated rings. The lowest BCUT2D eigenvalue weighted by Gasteiger charge is -2.40. The number of rotatable bonds is 6. The summed E-state index contributed by atoms with van der Waals surface area (Å²) in [4.78, 5) is 12.2. The van der Waals surface area contributed by atoms with Gasteiger partial charge in [0.2, 0.25) is 0 Å². The number of methoxy groups -OCH3 is 1. The molecule has 178 valence electrons. The predicted octanol–water partition coefficient (Wildman–Crippen LogP) is 2.25. The van der Waals surface area contributed by atoms with Crippen LogP contribution in [0.5, 0.6) is 0 Å². The van der Waals surface area contributed by atoms with Crippen molar-refractivity contribution in [2.75, 3.05) is 13.7 Å². The van der Waals surface area contributed by atoms with E-state index in [1.54, 1.807) is 12.1 Å². The van der Waals surface area contributed by atoms with E-state index in [1.165, 1.54) is 7.11 Å². The highest BCUT2D eigenvalue weighted by Gasteiger charge is 2.43. The maximum Gasteiger partial charge on any atom is 0.310 e. The summed E-state index contributed by atoms with van der Waals surface area (Å²) in [6.45, 7) is -0.495. The number of hydrogen-bond donors (Lipinski definition) is 4. The van der Waals surface area contributed by atoms with E-state index in [2.05, 4.69) is 0 Å². The van der Waals surface area contributed by atoms with Gasteiger partial charge in [-0.25, -0.2) is 0 Å². The van der Waals surface area contributed by atoms with Gasteiger partial charge in [0, 0.05) is 0 Å². The number of benzene rings is 3. The smallest absolute Gasteiger partial charge is 0.310 e. The van der Waals surface area contributed by atoms with Gasteiger partial charge in [-0.15, -0.1) is 0 Å². The summed E-state index contributed by atoms with van der Waals surface area (Å²) >= 11 is 0. The predicted molar refractivity (Wildman–Crippen MR) is 126 cm³/mol. The van der Waals surface area contributed by atoms with Gasteiger partial charge in [-0.2, -0.15) is 0 Å². The Morgan fingerprint density at radius 2 is 1.59 bits per heavy atom. The van der Waals surface area contributed by atoms with Crippen molar-refractivity contribution < 1.29 is 34.7 Å². The Kier molecular flexibility index (Phi) is 7.41. The fraction of sp³-hybridized carbons (Fsp3) is 0.296. The van der Waals surface area contributed by atoms with Gasteiger partial charge in [-0.1, -0.05) is 60.7 Å². The van der Waals surface area contributed by atoms with E-state index in [9.17, 15) is 25.2 Å². The van der Waals surface area contributed by atoms with Gasteiger partial charge >= 0.3 is 5.97 Å².